The first kappa shape index (κ1) is 14.4. The largest absolute Gasteiger partial charge is 0.0653 e. The fraction of sp³-hybridized carbons (Fsp3) is 1.00. The summed E-state index contributed by atoms with van der Waals surface area (Å²) in [6.07, 6.45) is 0. The van der Waals surface area contributed by atoms with Gasteiger partial charge in [-0.15, -0.1) is 0 Å². The minimum absolute atomic E-state index is 0. The Morgan fingerprint density at radius 3 is 0.818 bits per heavy atom. The van der Waals surface area contributed by atoms with E-state index < -0.39 is 0 Å². The minimum atomic E-state index is -0.0957. The van der Waals surface area contributed by atoms with Gasteiger partial charge in [-0.1, -0.05) is 58.2 Å². The van der Waals surface area contributed by atoms with Gasteiger partial charge in [0.1, 0.15) is 0 Å². The average molecular weight is 223 g/mol. The second kappa shape index (κ2) is 6.37. The molecule has 0 rings (SSSR count). The molecule has 0 fully saturated rings. The van der Waals surface area contributed by atoms with Crippen molar-refractivity contribution in [3.05, 3.63) is 0 Å². The molecule has 0 amide bonds. The molecule has 63 valence electrons. The zero-order valence-corrected chi connectivity index (χ0v) is 12.9. The van der Waals surface area contributed by atoms with Gasteiger partial charge in [0.05, 0.1) is 8.80 Å². The van der Waals surface area contributed by atoms with Crippen molar-refractivity contribution in [2.75, 3.05) is 0 Å². The summed E-state index contributed by atoms with van der Waals surface area (Å²) < 4.78 is 0. The van der Waals surface area contributed by atoms with Crippen LogP contribution in [-0.4, -0.2) is 8.80 Å². The summed E-state index contributed by atoms with van der Waals surface area (Å²) in [5, 5.41) is 0. The molecule has 0 bridgehead atoms. The predicted molar refractivity (Wildman–Crippen MR) is 51.0 cm³/mol. The third-order valence-corrected chi connectivity index (χ3v) is 6.00. The summed E-state index contributed by atoms with van der Waals surface area (Å²) in [6, 6.07) is 0. The van der Waals surface area contributed by atoms with E-state index in [-0.39, 0.29) is 28.3 Å². The maximum Gasteiger partial charge on any atom is 0.0561 e. The molecule has 0 aromatic rings. The van der Waals surface area contributed by atoms with E-state index in [1.807, 2.05) is 0 Å². The van der Waals surface area contributed by atoms with Crippen molar-refractivity contribution >= 4 is 8.80 Å². The van der Waals surface area contributed by atoms with Gasteiger partial charge < -0.3 is 0 Å². The first-order chi connectivity index (χ1) is 4.46. The molecule has 0 spiro atoms. The van der Waals surface area contributed by atoms with Crippen LogP contribution < -0.4 is 0 Å². The Labute approximate surface area is 86.5 Å². The molecular weight excluding hydrogens is 202 g/mol. The molecular formula is C9H21SiZn. The van der Waals surface area contributed by atoms with Crippen LogP contribution in [0.1, 0.15) is 41.5 Å². The molecule has 0 heterocycles. The number of rotatable bonds is 3. The molecule has 0 aromatic heterocycles. The van der Waals surface area contributed by atoms with E-state index in [1.165, 1.54) is 0 Å². The van der Waals surface area contributed by atoms with Crippen LogP contribution in [0.4, 0.5) is 0 Å². The molecule has 0 aromatic carbocycles. The van der Waals surface area contributed by atoms with Crippen molar-refractivity contribution in [3.63, 3.8) is 0 Å². The maximum atomic E-state index is 2.37. The van der Waals surface area contributed by atoms with Gasteiger partial charge in [0.25, 0.3) is 0 Å². The molecule has 0 atom stereocenters. The predicted octanol–water partition coefficient (Wildman–Crippen LogP) is 3.71. The molecule has 2 heteroatoms. The van der Waals surface area contributed by atoms with Crippen LogP contribution >= 0.6 is 0 Å². The Hall–Kier alpha value is 0.840. The van der Waals surface area contributed by atoms with Crippen LogP contribution in [0, 0.1) is 0 Å². The molecule has 0 unspecified atom stereocenters. The molecule has 1 radical (unpaired) electrons. The third kappa shape index (κ3) is 5.14. The van der Waals surface area contributed by atoms with Gasteiger partial charge in [0.2, 0.25) is 0 Å². The maximum absolute atomic E-state index is 2.37. The fourth-order valence-electron chi connectivity index (χ4n) is 2.00. The molecule has 0 aliphatic rings. The van der Waals surface area contributed by atoms with Gasteiger partial charge in [0, 0.05) is 19.5 Å². The average Bonchev–Trinajstić information content (AvgIpc) is 1.59. The topological polar surface area (TPSA) is 0 Å². The van der Waals surface area contributed by atoms with E-state index >= 15 is 0 Å². The SMILES string of the molecule is CC(C)[Si](C(C)C)C(C)C.[Zn]. The van der Waals surface area contributed by atoms with E-state index in [9.17, 15) is 0 Å². The van der Waals surface area contributed by atoms with Gasteiger partial charge >= 0.3 is 0 Å². The Kier molecular flexibility index (Phi) is 8.32. The van der Waals surface area contributed by atoms with Crippen molar-refractivity contribution in [2.24, 2.45) is 0 Å². The van der Waals surface area contributed by atoms with Gasteiger partial charge in [-0.3, -0.25) is 0 Å². The quantitative estimate of drug-likeness (QED) is 0.639. The second-order valence-electron chi connectivity index (χ2n) is 3.96. The number of hydrogen-bond donors (Lipinski definition) is 0. The molecule has 0 aliphatic heterocycles. The Bertz CT molecular complexity index is 70.5. The van der Waals surface area contributed by atoms with Crippen LogP contribution in [-0.2, 0) is 19.5 Å². The van der Waals surface area contributed by atoms with Crippen LogP contribution in [0.2, 0.25) is 16.6 Å². The Balaban J connectivity index is 0. The van der Waals surface area contributed by atoms with E-state index in [0.717, 1.165) is 16.6 Å². The third-order valence-electron chi connectivity index (χ3n) is 2.00. The van der Waals surface area contributed by atoms with E-state index in [0.29, 0.717) is 0 Å². The summed E-state index contributed by atoms with van der Waals surface area (Å²) in [7, 11) is -0.0957. The van der Waals surface area contributed by atoms with Crippen LogP contribution in [0.25, 0.3) is 0 Å². The standard InChI is InChI=1S/C9H21Si.Zn/c1-7(2)10(8(3)4)9(5)6;/h7-9H,1-6H3;. The zero-order valence-electron chi connectivity index (χ0n) is 8.94. The summed E-state index contributed by atoms with van der Waals surface area (Å²) in [6.45, 7) is 14.2. The Morgan fingerprint density at radius 1 is 0.636 bits per heavy atom. The van der Waals surface area contributed by atoms with E-state index in [4.69, 9.17) is 0 Å². The minimum Gasteiger partial charge on any atom is -0.0653 e. The van der Waals surface area contributed by atoms with E-state index in [1.54, 1.807) is 0 Å². The van der Waals surface area contributed by atoms with E-state index in [2.05, 4.69) is 41.5 Å². The van der Waals surface area contributed by atoms with Gasteiger partial charge in [-0.2, -0.15) is 0 Å². The first-order valence-electron chi connectivity index (χ1n) is 4.33. The molecule has 0 saturated carbocycles. The van der Waals surface area contributed by atoms with Gasteiger partial charge in [-0.05, 0) is 0 Å². The second-order valence-corrected chi connectivity index (χ2v) is 8.43. The zero-order chi connectivity index (χ0) is 8.31. The van der Waals surface area contributed by atoms with Crippen molar-refractivity contribution in [3.8, 4) is 0 Å². The normalized spacial score (nSPS) is 11.5. The molecule has 0 aliphatic carbocycles. The number of hydrogen-bond acceptors (Lipinski definition) is 0. The monoisotopic (exact) mass is 221 g/mol. The van der Waals surface area contributed by atoms with Crippen molar-refractivity contribution in [1.82, 2.24) is 0 Å². The van der Waals surface area contributed by atoms with Crippen molar-refractivity contribution < 1.29 is 19.5 Å². The summed E-state index contributed by atoms with van der Waals surface area (Å²) in [5.74, 6) is 0. The van der Waals surface area contributed by atoms with Gasteiger partial charge in [-0.25, -0.2) is 0 Å². The smallest absolute Gasteiger partial charge is 0.0561 e. The molecule has 11 heavy (non-hydrogen) atoms. The first-order valence-corrected chi connectivity index (χ1v) is 6.06. The fourth-order valence-corrected chi connectivity index (χ4v) is 6.00. The molecule has 0 nitrogen and oxygen atoms in total. The summed E-state index contributed by atoms with van der Waals surface area (Å²) >= 11 is 0. The molecule has 0 N–H and O–H groups in total. The van der Waals surface area contributed by atoms with Crippen molar-refractivity contribution in [2.45, 2.75) is 58.2 Å². The van der Waals surface area contributed by atoms with Crippen LogP contribution in [0.5, 0.6) is 0 Å². The van der Waals surface area contributed by atoms with Crippen molar-refractivity contribution in [1.29, 1.82) is 0 Å². The van der Waals surface area contributed by atoms with Crippen LogP contribution in [0.3, 0.4) is 0 Å². The molecule has 0 saturated heterocycles. The summed E-state index contributed by atoms with van der Waals surface area (Å²) in [5.41, 5.74) is 2.81. The van der Waals surface area contributed by atoms with Gasteiger partial charge in [0.15, 0.2) is 0 Å². The Morgan fingerprint density at radius 2 is 0.818 bits per heavy atom. The van der Waals surface area contributed by atoms with Crippen LogP contribution in [0.15, 0.2) is 0 Å². The summed E-state index contributed by atoms with van der Waals surface area (Å²) in [4.78, 5) is 0.